The van der Waals surface area contributed by atoms with Crippen molar-refractivity contribution in [3.05, 3.63) is 72.5 Å². The Kier molecular flexibility index (Phi) is 4.30. The van der Waals surface area contributed by atoms with Crippen LogP contribution < -0.4 is 0 Å². The van der Waals surface area contributed by atoms with Gasteiger partial charge < -0.3 is 4.42 Å². The van der Waals surface area contributed by atoms with Crippen LogP contribution in [-0.2, 0) is 5.75 Å². The van der Waals surface area contributed by atoms with Crippen molar-refractivity contribution in [1.82, 2.24) is 20.2 Å². The van der Waals surface area contributed by atoms with Gasteiger partial charge in [-0.2, -0.15) is 0 Å². The lowest BCUT2D eigenvalue weighted by Crippen LogP contribution is -1.85. The highest BCUT2D eigenvalue weighted by atomic mass is 32.2. The monoisotopic (exact) mass is 352 g/mol. The van der Waals surface area contributed by atoms with E-state index < -0.39 is 0 Å². The number of benzene rings is 2. The van der Waals surface area contributed by atoms with Gasteiger partial charge in [-0.25, -0.2) is 14.4 Å². The molecule has 7 heteroatoms. The van der Waals surface area contributed by atoms with Crippen LogP contribution >= 0.6 is 11.8 Å². The maximum atomic E-state index is 13.8. The number of H-pyrrole nitrogens is 1. The number of hydrogen-bond acceptors (Lipinski definition) is 5. The van der Waals surface area contributed by atoms with Crippen LogP contribution in [0.25, 0.3) is 22.7 Å². The average Bonchev–Trinajstić information content (AvgIpc) is 3.31. The Hall–Kier alpha value is -2.93. The fraction of sp³-hybridized carbons (Fsp3) is 0.0556. The van der Waals surface area contributed by atoms with E-state index in [2.05, 4.69) is 20.2 Å². The highest BCUT2D eigenvalue weighted by Crippen LogP contribution is 2.26. The van der Waals surface area contributed by atoms with Gasteiger partial charge in [-0.3, -0.25) is 5.10 Å². The van der Waals surface area contributed by atoms with Crippen LogP contribution in [-0.4, -0.2) is 20.2 Å². The Balaban J connectivity index is 1.44. The number of thioether (sulfide) groups is 1. The fourth-order valence-electron chi connectivity index (χ4n) is 2.32. The van der Waals surface area contributed by atoms with Crippen molar-refractivity contribution in [2.24, 2.45) is 0 Å². The Morgan fingerprint density at radius 2 is 1.84 bits per heavy atom. The predicted molar refractivity (Wildman–Crippen MR) is 93.3 cm³/mol. The lowest BCUT2D eigenvalue weighted by atomic mass is 10.2. The fourth-order valence-corrected chi connectivity index (χ4v) is 2.98. The van der Waals surface area contributed by atoms with Crippen LogP contribution in [0.15, 0.2) is 70.4 Å². The molecule has 124 valence electrons. The molecule has 0 atom stereocenters. The van der Waals surface area contributed by atoms with E-state index in [-0.39, 0.29) is 5.82 Å². The summed E-state index contributed by atoms with van der Waals surface area (Å²) in [5.41, 5.74) is 1.37. The number of aromatic nitrogens is 4. The molecule has 1 N–H and O–H groups in total. The van der Waals surface area contributed by atoms with Crippen molar-refractivity contribution in [3.8, 4) is 22.7 Å². The van der Waals surface area contributed by atoms with Gasteiger partial charge in [0.25, 0.3) is 0 Å². The minimum atomic E-state index is -0.338. The number of halogens is 1. The molecule has 0 aliphatic heterocycles. The first kappa shape index (κ1) is 15.6. The molecule has 0 saturated heterocycles. The number of nitrogens with zero attached hydrogens (tertiary/aromatic N) is 3. The molecule has 0 unspecified atom stereocenters. The number of hydrogen-bond donors (Lipinski definition) is 1. The minimum absolute atomic E-state index is 0.338. The third-order valence-corrected chi connectivity index (χ3v) is 4.36. The lowest BCUT2D eigenvalue weighted by molar-refractivity contribution is 0.530. The van der Waals surface area contributed by atoms with Gasteiger partial charge in [0.15, 0.2) is 11.6 Å². The van der Waals surface area contributed by atoms with E-state index in [1.807, 2.05) is 30.3 Å². The molecule has 2 aromatic carbocycles. The predicted octanol–water partition coefficient (Wildman–Crippen LogP) is 4.56. The summed E-state index contributed by atoms with van der Waals surface area (Å²) in [6.45, 7) is 0. The zero-order valence-corrected chi connectivity index (χ0v) is 13.8. The first-order valence-corrected chi connectivity index (χ1v) is 8.58. The third kappa shape index (κ3) is 3.46. The largest absolute Gasteiger partial charge is 0.440 e. The SMILES string of the molecule is Fc1ccccc1-c1nc(SCc2ncc(-c3ccccc3)o2)n[nH]1. The first-order chi connectivity index (χ1) is 12.3. The minimum Gasteiger partial charge on any atom is -0.440 e. The van der Waals surface area contributed by atoms with Crippen LogP contribution in [0.1, 0.15) is 5.89 Å². The smallest absolute Gasteiger partial charge is 0.209 e. The van der Waals surface area contributed by atoms with Crippen LogP contribution in [0.3, 0.4) is 0 Å². The van der Waals surface area contributed by atoms with Crippen molar-refractivity contribution in [3.63, 3.8) is 0 Å². The molecule has 2 heterocycles. The summed E-state index contributed by atoms with van der Waals surface area (Å²) in [5.74, 6) is 1.86. The highest BCUT2D eigenvalue weighted by molar-refractivity contribution is 7.98. The van der Waals surface area contributed by atoms with E-state index >= 15 is 0 Å². The average molecular weight is 352 g/mol. The quantitative estimate of drug-likeness (QED) is 0.533. The van der Waals surface area contributed by atoms with Crippen LogP contribution in [0.2, 0.25) is 0 Å². The van der Waals surface area contributed by atoms with Gasteiger partial charge in [0.1, 0.15) is 5.82 Å². The van der Waals surface area contributed by atoms with E-state index in [9.17, 15) is 4.39 Å². The molecule has 0 amide bonds. The van der Waals surface area contributed by atoms with Gasteiger partial charge in [-0.1, -0.05) is 54.2 Å². The van der Waals surface area contributed by atoms with E-state index in [0.29, 0.717) is 28.2 Å². The molecule has 0 bridgehead atoms. The number of oxazole rings is 1. The van der Waals surface area contributed by atoms with Crippen molar-refractivity contribution in [1.29, 1.82) is 0 Å². The summed E-state index contributed by atoms with van der Waals surface area (Å²) in [4.78, 5) is 8.58. The van der Waals surface area contributed by atoms with Gasteiger partial charge in [-0.05, 0) is 12.1 Å². The summed E-state index contributed by atoms with van der Waals surface area (Å²) in [7, 11) is 0. The van der Waals surface area contributed by atoms with E-state index in [1.54, 1.807) is 24.4 Å². The molecular weight excluding hydrogens is 339 g/mol. The van der Waals surface area contributed by atoms with Crippen LogP contribution in [0.4, 0.5) is 4.39 Å². The van der Waals surface area contributed by atoms with E-state index in [1.165, 1.54) is 17.8 Å². The van der Waals surface area contributed by atoms with E-state index in [4.69, 9.17) is 4.42 Å². The standard InChI is InChI=1S/C18H13FN4OS/c19-14-9-5-4-8-13(14)17-21-18(23-22-17)25-11-16-20-10-15(24-16)12-6-2-1-3-7-12/h1-10H,11H2,(H,21,22,23). The molecule has 0 aliphatic carbocycles. The third-order valence-electron chi connectivity index (χ3n) is 3.53. The Morgan fingerprint density at radius 3 is 2.68 bits per heavy atom. The summed E-state index contributed by atoms with van der Waals surface area (Å²) in [6, 6.07) is 16.2. The van der Waals surface area contributed by atoms with Gasteiger partial charge >= 0.3 is 0 Å². The van der Waals surface area contributed by atoms with Gasteiger partial charge in [0.2, 0.25) is 11.0 Å². The Labute approximate surface area is 147 Å². The van der Waals surface area contributed by atoms with Gasteiger partial charge in [0.05, 0.1) is 17.5 Å². The zero-order valence-electron chi connectivity index (χ0n) is 13.0. The second-order valence-corrected chi connectivity index (χ2v) is 6.16. The maximum absolute atomic E-state index is 13.8. The van der Waals surface area contributed by atoms with E-state index in [0.717, 1.165) is 11.3 Å². The maximum Gasteiger partial charge on any atom is 0.209 e. The normalized spacial score (nSPS) is 10.9. The van der Waals surface area contributed by atoms with Crippen molar-refractivity contribution < 1.29 is 8.81 Å². The first-order valence-electron chi connectivity index (χ1n) is 7.60. The van der Waals surface area contributed by atoms with Crippen molar-refractivity contribution in [2.45, 2.75) is 10.9 Å². The summed E-state index contributed by atoms with van der Waals surface area (Å²) < 4.78 is 19.5. The second kappa shape index (κ2) is 6.90. The van der Waals surface area contributed by atoms with Gasteiger partial charge in [0, 0.05) is 5.56 Å². The Morgan fingerprint density at radius 1 is 1.04 bits per heavy atom. The lowest BCUT2D eigenvalue weighted by Gasteiger charge is -1.96. The zero-order chi connectivity index (χ0) is 17.1. The molecule has 0 saturated carbocycles. The summed E-state index contributed by atoms with van der Waals surface area (Å²) in [5, 5.41) is 7.37. The molecule has 0 fully saturated rings. The molecule has 2 aromatic heterocycles. The summed E-state index contributed by atoms with van der Waals surface area (Å²) >= 11 is 1.37. The van der Waals surface area contributed by atoms with Crippen LogP contribution in [0.5, 0.6) is 0 Å². The molecule has 5 nitrogen and oxygen atoms in total. The van der Waals surface area contributed by atoms with Crippen molar-refractivity contribution >= 4 is 11.8 Å². The van der Waals surface area contributed by atoms with Gasteiger partial charge in [-0.15, -0.1) is 5.10 Å². The molecule has 0 radical (unpaired) electrons. The van der Waals surface area contributed by atoms with Crippen molar-refractivity contribution in [2.75, 3.05) is 0 Å². The number of nitrogens with one attached hydrogen (secondary N) is 1. The molecule has 25 heavy (non-hydrogen) atoms. The highest BCUT2D eigenvalue weighted by Gasteiger charge is 2.12. The number of aromatic amines is 1. The molecular formula is C18H13FN4OS. The molecule has 0 spiro atoms. The van der Waals surface area contributed by atoms with Crippen LogP contribution in [0, 0.1) is 5.82 Å². The summed E-state index contributed by atoms with van der Waals surface area (Å²) in [6.07, 6.45) is 1.70. The molecule has 4 aromatic rings. The molecule has 0 aliphatic rings. The molecule has 4 rings (SSSR count). The second-order valence-electron chi connectivity index (χ2n) is 5.22. The topological polar surface area (TPSA) is 67.6 Å². The Bertz CT molecular complexity index is 983. The number of rotatable bonds is 5.